The van der Waals surface area contributed by atoms with Gasteiger partial charge in [-0.05, 0) is 31.2 Å². The van der Waals surface area contributed by atoms with Gasteiger partial charge in [0.1, 0.15) is 48.1 Å². The Bertz CT molecular complexity index is 2090. The van der Waals surface area contributed by atoms with Crippen LogP contribution < -0.4 is 29.1 Å². The molecule has 48 heavy (non-hydrogen) atoms. The first-order chi connectivity index (χ1) is 22.7. The summed E-state index contributed by atoms with van der Waals surface area (Å²) in [6.07, 6.45) is 5.87. The summed E-state index contributed by atoms with van der Waals surface area (Å²) in [4.78, 5) is 28.7. The number of halogens is 2. The molecule has 3 aromatic carbocycles. The van der Waals surface area contributed by atoms with Crippen molar-refractivity contribution in [1.82, 2.24) is 4.57 Å². The highest BCUT2D eigenvalue weighted by atomic mass is 32.2. The Morgan fingerprint density at radius 2 is 1.52 bits per heavy atom. The molecule has 0 unspecified atom stereocenters. The van der Waals surface area contributed by atoms with Crippen molar-refractivity contribution in [1.29, 1.82) is 0 Å². The van der Waals surface area contributed by atoms with E-state index in [9.17, 15) is 18.4 Å². The summed E-state index contributed by atoms with van der Waals surface area (Å²) >= 11 is 0. The van der Waals surface area contributed by atoms with Crippen LogP contribution in [0.15, 0.2) is 90.1 Å². The highest BCUT2D eigenvalue weighted by Crippen LogP contribution is 2.30. The fourth-order valence-corrected chi connectivity index (χ4v) is 4.77. The molecule has 11 nitrogen and oxygen atoms in total. The maximum absolute atomic E-state index is 14.1. The maximum atomic E-state index is 14.1. The maximum Gasteiger partial charge on any atom is 0.263 e. The summed E-state index contributed by atoms with van der Waals surface area (Å²) in [5.74, 6) is -0.895. The van der Waals surface area contributed by atoms with Crippen LogP contribution in [0.2, 0.25) is 0 Å². The Hall–Kier alpha value is -5.34. The fourth-order valence-electron chi connectivity index (χ4n) is 4.77. The molecule has 0 spiro atoms. The van der Waals surface area contributed by atoms with Crippen molar-refractivity contribution >= 4 is 32.6 Å². The summed E-state index contributed by atoms with van der Waals surface area (Å²) in [7, 11) is 1.05. The third-order valence-electron chi connectivity index (χ3n) is 6.99. The number of amides is 1. The lowest BCUT2D eigenvalue weighted by atomic mass is 10.1. The van der Waals surface area contributed by atoms with Gasteiger partial charge in [-0.25, -0.2) is 21.8 Å². The molecular weight excluding hydrogens is 648 g/mol. The van der Waals surface area contributed by atoms with E-state index in [1.165, 1.54) is 20.4 Å². The van der Waals surface area contributed by atoms with Crippen molar-refractivity contribution in [2.45, 2.75) is 13.5 Å². The quantitative estimate of drug-likeness (QED) is 0.164. The van der Waals surface area contributed by atoms with Gasteiger partial charge in [0.15, 0.2) is 12.4 Å². The van der Waals surface area contributed by atoms with Crippen LogP contribution in [0.3, 0.4) is 0 Å². The molecule has 5 aromatic rings. The van der Waals surface area contributed by atoms with E-state index < -0.39 is 33.1 Å². The molecule has 0 radical (unpaired) electrons. The molecular formula is C34H33F2N3O8S. The number of benzene rings is 3. The average molecular weight is 682 g/mol. The number of ether oxygens (including phenoxy) is 3. The number of rotatable bonds is 9. The van der Waals surface area contributed by atoms with Crippen LogP contribution in [0.25, 0.3) is 16.6 Å². The first-order valence-electron chi connectivity index (χ1n) is 14.4. The van der Waals surface area contributed by atoms with E-state index in [1.54, 1.807) is 47.9 Å². The van der Waals surface area contributed by atoms with Crippen molar-refractivity contribution in [3.8, 4) is 22.9 Å². The number of fused-ring (bicyclic) bond motifs is 1. The molecule has 0 N–H and O–H groups in total. The van der Waals surface area contributed by atoms with E-state index >= 15 is 0 Å². The summed E-state index contributed by atoms with van der Waals surface area (Å²) in [6.45, 7) is 2.02. The van der Waals surface area contributed by atoms with Crippen LogP contribution in [0.1, 0.15) is 22.8 Å². The predicted octanol–water partition coefficient (Wildman–Crippen LogP) is 4.52. The van der Waals surface area contributed by atoms with Gasteiger partial charge in [-0.2, -0.15) is 0 Å². The lowest BCUT2D eigenvalue weighted by Gasteiger charge is -2.22. The van der Waals surface area contributed by atoms with Gasteiger partial charge in [0, 0.05) is 78.1 Å². The number of carbonyl (C=O) groups is 1. The van der Waals surface area contributed by atoms with Gasteiger partial charge in [0.25, 0.3) is 5.91 Å². The Labute approximate surface area is 275 Å². The second-order valence-electron chi connectivity index (χ2n) is 10.5. The molecule has 0 atom stereocenters. The van der Waals surface area contributed by atoms with Crippen molar-refractivity contribution < 1.29 is 45.3 Å². The Morgan fingerprint density at radius 3 is 2.10 bits per heavy atom. The number of hydrogen-bond acceptors (Lipinski definition) is 8. The smallest absolute Gasteiger partial charge is 0.263 e. The topological polar surface area (TPSA) is 131 Å². The highest BCUT2D eigenvalue weighted by molar-refractivity contribution is 7.84. The Morgan fingerprint density at radius 1 is 0.917 bits per heavy atom. The Balaban J connectivity index is 0.000000968. The van der Waals surface area contributed by atoms with E-state index in [-0.39, 0.29) is 23.2 Å². The lowest BCUT2D eigenvalue weighted by Crippen LogP contribution is -2.35. The minimum Gasteiger partial charge on any atom is -0.748 e. The number of nitrogens with zero attached hydrogens (tertiary/aromatic N) is 3. The number of pyridine rings is 2. The normalized spacial score (nSPS) is 11.0. The van der Waals surface area contributed by atoms with Crippen LogP contribution in [-0.4, -0.2) is 50.5 Å². The SMILES string of the molecule is CCN(C(=O)c1cn(-c2cc(OC)cc(OCc3cc[n+](C)cc3)c2)c2cc(OC)ccc2c1=O)c1cc(F)cc(F)c1.CS(=O)(=O)[O-]. The number of carbonyl (C=O) groups excluding carboxylic acids is 1. The first-order valence-corrected chi connectivity index (χ1v) is 16.2. The number of methoxy groups -OCH3 is 2. The summed E-state index contributed by atoms with van der Waals surface area (Å²) in [6, 6.07) is 16.9. The molecule has 0 fully saturated rings. The molecule has 0 aliphatic heterocycles. The van der Waals surface area contributed by atoms with Crippen molar-refractivity contribution in [2.24, 2.45) is 7.05 Å². The van der Waals surface area contributed by atoms with Crippen molar-refractivity contribution in [3.63, 3.8) is 0 Å². The monoisotopic (exact) mass is 681 g/mol. The van der Waals surface area contributed by atoms with Crippen LogP contribution >= 0.6 is 0 Å². The molecule has 0 aliphatic rings. The molecule has 0 bridgehead atoms. The van der Waals surface area contributed by atoms with Crippen molar-refractivity contribution in [3.05, 3.63) is 118 Å². The molecule has 2 heterocycles. The largest absolute Gasteiger partial charge is 0.748 e. The van der Waals surface area contributed by atoms with E-state index in [0.29, 0.717) is 41.3 Å². The van der Waals surface area contributed by atoms with Gasteiger partial charge in [-0.1, -0.05) is 0 Å². The van der Waals surface area contributed by atoms with E-state index in [1.807, 2.05) is 36.1 Å². The fraction of sp³-hybridized carbons (Fsp3) is 0.206. The molecule has 0 saturated heterocycles. The van der Waals surface area contributed by atoms with Crippen LogP contribution in [-0.2, 0) is 23.8 Å². The van der Waals surface area contributed by atoms with Gasteiger partial charge in [-0.3, -0.25) is 9.59 Å². The predicted molar refractivity (Wildman–Crippen MR) is 174 cm³/mol. The minimum absolute atomic E-state index is 0.00245. The lowest BCUT2D eigenvalue weighted by molar-refractivity contribution is -0.671. The number of aryl methyl sites for hydroxylation is 1. The van der Waals surface area contributed by atoms with Crippen LogP contribution in [0, 0.1) is 11.6 Å². The molecule has 0 aliphatic carbocycles. The van der Waals surface area contributed by atoms with E-state index in [4.69, 9.17) is 27.2 Å². The zero-order valence-corrected chi connectivity index (χ0v) is 27.6. The zero-order valence-electron chi connectivity index (χ0n) is 26.8. The second kappa shape index (κ2) is 15.0. The van der Waals surface area contributed by atoms with E-state index in [2.05, 4.69) is 0 Å². The zero-order chi connectivity index (χ0) is 35.2. The molecule has 1 amide bonds. The van der Waals surface area contributed by atoms with E-state index in [0.717, 1.165) is 28.7 Å². The van der Waals surface area contributed by atoms with Gasteiger partial charge in [0.05, 0.1) is 35.5 Å². The molecule has 2 aromatic heterocycles. The molecule has 5 rings (SSSR count). The van der Waals surface area contributed by atoms with Gasteiger partial charge >= 0.3 is 0 Å². The molecule has 252 valence electrons. The summed E-state index contributed by atoms with van der Waals surface area (Å²) in [5.41, 5.74) is 1.24. The second-order valence-corrected chi connectivity index (χ2v) is 11.9. The third kappa shape index (κ3) is 8.92. The van der Waals surface area contributed by atoms with Gasteiger partial charge in [-0.15, -0.1) is 0 Å². The summed E-state index contributed by atoms with van der Waals surface area (Å²) < 4.78 is 76.0. The average Bonchev–Trinajstić information content (AvgIpc) is 3.03. The molecule has 0 saturated carbocycles. The van der Waals surface area contributed by atoms with Crippen molar-refractivity contribution in [2.75, 3.05) is 31.9 Å². The number of aromatic nitrogens is 2. The van der Waals surface area contributed by atoms with Crippen LogP contribution in [0.5, 0.6) is 17.2 Å². The highest BCUT2D eigenvalue weighted by Gasteiger charge is 2.23. The Kier molecular flexibility index (Phi) is 11.1. The third-order valence-corrected chi connectivity index (χ3v) is 6.99. The summed E-state index contributed by atoms with van der Waals surface area (Å²) in [5, 5.41) is 0.246. The standard InChI is InChI=1S/C33H30F2N3O5.CH4O3S/c1-5-37(24-13-22(34)12-23(35)14-24)33(40)30-19-38(31-18-26(41-3)6-7-29(31)32(30)39)25-15-27(42-4)17-28(16-25)43-20-21-8-10-36(2)11-9-21;1-5(2,3)4/h6-19H,5,20H2,1-4H3;1H3,(H,2,3,4)/q+1;/p-1. The number of hydrogen-bond donors (Lipinski definition) is 0. The first kappa shape index (κ1) is 35.5. The van der Waals surface area contributed by atoms with Gasteiger partial charge < -0.3 is 28.2 Å². The minimum atomic E-state index is -3.92. The van der Waals surface area contributed by atoms with Gasteiger partial charge in [0.2, 0.25) is 5.43 Å². The molecule has 14 heteroatoms. The number of anilines is 1. The van der Waals surface area contributed by atoms with Crippen LogP contribution in [0.4, 0.5) is 14.5 Å².